The maximum atomic E-state index is 13.1. The van der Waals surface area contributed by atoms with Crippen LogP contribution in [0.3, 0.4) is 0 Å². The standard InChI is InChI=1S/C32H34N6O4/c1-18-14-20(15-19(2)34-18)28-29(37-30(36-28)32(3,4)5)38-31(39)35-21-8-10-22(11-9-21)42-25-12-13-33-24-17-27(41-7)26(40-6)16-23(24)25/h8-17H,1-7H3,(H,36,37)(H2,35,38,39). The quantitative estimate of drug-likeness (QED) is 0.188. The number of carbonyl (C=O) groups excluding carboxylic acids is 1. The molecule has 10 heteroatoms. The van der Waals surface area contributed by atoms with Crippen LogP contribution >= 0.6 is 0 Å². The van der Waals surface area contributed by atoms with Crippen LogP contribution in [0.15, 0.2) is 60.8 Å². The highest BCUT2D eigenvalue weighted by Gasteiger charge is 2.23. The highest BCUT2D eigenvalue weighted by atomic mass is 16.5. The summed E-state index contributed by atoms with van der Waals surface area (Å²) in [5, 5.41) is 6.60. The second-order valence-corrected chi connectivity index (χ2v) is 10.9. The lowest BCUT2D eigenvalue weighted by Crippen LogP contribution is -2.20. The zero-order valence-electron chi connectivity index (χ0n) is 24.7. The van der Waals surface area contributed by atoms with Gasteiger partial charge in [-0.15, -0.1) is 0 Å². The number of hydrogen-bond donors (Lipinski definition) is 3. The third-order valence-electron chi connectivity index (χ3n) is 6.55. The van der Waals surface area contributed by atoms with Gasteiger partial charge in [-0.1, -0.05) is 20.8 Å². The van der Waals surface area contributed by atoms with Crippen molar-refractivity contribution in [1.29, 1.82) is 0 Å². The van der Waals surface area contributed by atoms with Crippen LogP contribution in [-0.2, 0) is 5.41 Å². The smallest absolute Gasteiger partial charge is 0.324 e. The summed E-state index contributed by atoms with van der Waals surface area (Å²) < 4.78 is 17.0. The molecule has 0 radical (unpaired) electrons. The number of fused-ring (bicyclic) bond motifs is 1. The van der Waals surface area contributed by atoms with E-state index in [0.29, 0.717) is 45.7 Å². The Hall–Kier alpha value is -5.12. The molecule has 2 amide bonds. The average Bonchev–Trinajstić information content (AvgIpc) is 3.37. The van der Waals surface area contributed by atoms with Crippen LogP contribution in [-0.4, -0.2) is 40.2 Å². The zero-order valence-corrected chi connectivity index (χ0v) is 24.7. The van der Waals surface area contributed by atoms with Crippen LogP contribution in [0.25, 0.3) is 22.2 Å². The summed E-state index contributed by atoms with van der Waals surface area (Å²) in [5.41, 5.74) is 4.36. The number of aryl methyl sites for hydroxylation is 2. The lowest BCUT2D eigenvalue weighted by atomic mass is 9.96. The van der Waals surface area contributed by atoms with E-state index in [-0.39, 0.29) is 5.41 Å². The Balaban J connectivity index is 1.33. The van der Waals surface area contributed by atoms with E-state index in [4.69, 9.17) is 19.2 Å². The van der Waals surface area contributed by atoms with E-state index in [1.165, 1.54) is 0 Å². The predicted octanol–water partition coefficient (Wildman–Crippen LogP) is 7.39. The van der Waals surface area contributed by atoms with Gasteiger partial charge in [0.1, 0.15) is 28.8 Å². The minimum Gasteiger partial charge on any atom is -0.493 e. The Morgan fingerprint density at radius 2 is 1.50 bits per heavy atom. The molecule has 3 heterocycles. The summed E-state index contributed by atoms with van der Waals surface area (Å²) >= 11 is 0. The van der Waals surface area contributed by atoms with Crippen molar-refractivity contribution in [2.75, 3.05) is 24.9 Å². The number of hydrogen-bond acceptors (Lipinski definition) is 7. The number of nitrogens with one attached hydrogen (secondary N) is 3. The molecule has 10 nitrogen and oxygen atoms in total. The van der Waals surface area contributed by atoms with Crippen molar-refractivity contribution in [2.24, 2.45) is 0 Å². The van der Waals surface area contributed by atoms with Crippen molar-refractivity contribution in [1.82, 2.24) is 19.9 Å². The van der Waals surface area contributed by atoms with E-state index in [2.05, 4.69) is 46.4 Å². The van der Waals surface area contributed by atoms with Crippen molar-refractivity contribution in [3.63, 3.8) is 0 Å². The number of rotatable bonds is 7. The van der Waals surface area contributed by atoms with Gasteiger partial charge in [0, 0.05) is 45.7 Å². The molecule has 42 heavy (non-hydrogen) atoms. The summed E-state index contributed by atoms with van der Waals surface area (Å²) in [6.45, 7) is 10.1. The van der Waals surface area contributed by atoms with Gasteiger partial charge in [0.05, 0.1) is 19.7 Å². The first-order valence-electron chi connectivity index (χ1n) is 13.5. The molecule has 0 fully saturated rings. The van der Waals surface area contributed by atoms with Gasteiger partial charge in [-0.3, -0.25) is 15.3 Å². The lowest BCUT2D eigenvalue weighted by Gasteiger charge is -2.14. The molecule has 0 saturated heterocycles. The number of aromatic amines is 1. The maximum Gasteiger partial charge on any atom is 0.324 e. The topological polar surface area (TPSA) is 123 Å². The lowest BCUT2D eigenvalue weighted by molar-refractivity contribution is 0.262. The van der Waals surface area contributed by atoms with Crippen molar-refractivity contribution in [2.45, 2.75) is 40.0 Å². The van der Waals surface area contributed by atoms with Crippen LogP contribution in [0.2, 0.25) is 0 Å². The van der Waals surface area contributed by atoms with Gasteiger partial charge < -0.3 is 24.5 Å². The molecule has 0 saturated carbocycles. The molecule has 0 spiro atoms. The SMILES string of the molecule is COc1cc2nccc(Oc3ccc(NC(=O)Nc4[nH]c(C(C)(C)C)nc4-c4cc(C)nc(C)c4)cc3)c2cc1OC. The van der Waals surface area contributed by atoms with E-state index in [1.54, 1.807) is 56.8 Å². The molecule has 5 rings (SSSR count). The number of methoxy groups -OCH3 is 2. The molecular formula is C32H34N6O4. The molecule has 0 unspecified atom stereocenters. The molecule has 5 aromatic rings. The van der Waals surface area contributed by atoms with Crippen LogP contribution in [0.4, 0.5) is 16.3 Å². The van der Waals surface area contributed by atoms with Gasteiger partial charge in [0.2, 0.25) is 0 Å². The highest BCUT2D eigenvalue weighted by Crippen LogP contribution is 2.37. The van der Waals surface area contributed by atoms with E-state index in [9.17, 15) is 4.79 Å². The fraction of sp³-hybridized carbons (Fsp3) is 0.250. The number of ether oxygens (including phenoxy) is 3. The van der Waals surface area contributed by atoms with E-state index >= 15 is 0 Å². The number of benzene rings is 2. The van der Waals surface area contributed by atoms with Gasteiger partial charge in [-0.2, -0.15) is 0 Å². The maximum absolute atomic E-state index is 13.1. The minimum absolute atomic E-state index is 0.241. The third-order valence-corrected chi connectivity index (χ3v) is 6.55. The normalized spacial score (nSPS) is 11.3. The monoisotopic (exact) mass is 566 g/mol. The van der Waals surface area contributed by atoms with E-state index in [1.807, 2.05) is 32.0 Å². The Labute approximate surface area is 244 Å². The minimum atomic E-state index is -0.405. The van der Waals surface area contributed by atoms with Gasteiger partial charge >= 0.3 is 6.03 Å². The van der Waals surface area contributed by atoms with Gasteiger partial charge in [-0.05, 0) is 62.4 Å². The molecule has 0 bridgehead atoms. The number of H-pyrrole nitrogens is 1. The third kappa shape index (κ3) is 6.12. The zero-order chi connectivity index (χ0) is 30.0. The summed E-state index contributed by atoms with van der Waals surface area (Å²) in [5.74, 6) is 3.66. The largest absolute Gasteiger partial charge is 0.493 e. The molecule has 3 N–H and O–H groups in total. The van der Waals surface area contributed by atoms with Crippen molar-refractivity contribution in [3.05, 3.63) is 78.0 Å². The molecule has 0 aliphatic heterocycles. The Kier molecular flexibility index (Phi) is 7.71. The van der Waals surface area contributed by atoms with E-state index in [0.717, 1.165) is 28.2 Å². The summed E-state index contributed by atoms with van der Waals surface area (Å²) in [6, 6.07) is 16.0. The number of aromatic nitrogens is 4. The molecule has 2 aromatic carbocycles. The van der Waals surface area contributed by atoms with Crippen LogP contribution < -0.4 is 24.8 Å². The fourth-order valence-electron chi connectivity index (χ4n) is 4.54. The summed E-state index contributed by atoms with van der Waals surface area (Å²) in [6.07, 6.45) is 1.67. The number of imidazole rings is 1. The van der Waals surface area contributed by atoms with Crippen molar-refractivity contribution >= 4 is 28.4 Å². The highest BCUT2D eigenvalue weighted by molar-refractivity contribution is 6.01. The molecule has 3 aromatic heterocycles. The Morgan fingerprint density at radius 1 is 0.833 bits per heavy atom. The molecule has 0 atom stereocenters. The summed E-state index contributed by atoms with van der Waals surface area (Å²) in [4.78, 5) is 30.1. The predicted molar refractivity (Wildman–Crippen MR) is 164 cm³/mol. The first kappa shape index (κ1) is 28.4. The van der Waals surface area contributed by atoms with Crippen LogP contribution in [0, 0.1) is 13.8 Å². The van der Waals surface area contributed by atoms with Crippen LogP contribution in [0.1, 0.15) is 38.0 Å². The van der Waals surface area contributed by atoms with Gasteiger partial charge in [-0.25, -0.2) is 9.78 Å². The molecule has 0 aliphatic carbocycles. The van der Waals surface area contributed by atoms with Crippen molar-refractivity contribution in [3.8, 4) is 34.3 Å². The average molecular weight is 567 g/mol. The van der Waals surface area contributed by atoms with Gasteiger partial charge in [0.15, 0.2) is 11.5 Å². The number of anilines is 2. The molecular weight excluding hydrogens is 532 g/mol. The second-order valence-electron chi connectivity index (χ2n) is 10.9. The summed E-state index contributed by atoms with van der Waals surface area (Å²) in [7, 11) is 3.17. The van der Waals surface area contributed by atoms with Crippen molar-refractivity contribution < 1.29 is 19.0 Å². The number of pyridine rings is 2. The molecule has 0 aliphatic rings. The number of amides is 2. The van der Waals surface area contributed by atoms with Gasteiger partial charge in [0.25, 0.3) is 0 Å². The fourth-order valence-corrected chi connectivity index (χ4v) is 4.54. The number of carbonyl (C=O) groups is 1. The Morgan fingerprint density at radius 3 is 2.14 bits per heavy atom. The Bertz CT molecular complexity index is 1740. The second kappa shape index (κ2) is 11.4. The van der Waals surface area contributed by atoms with E-state index < -0.39 is 6.03 Å². The first-order chi connectivity index (χ1) is 20.0. The van der Waals surface area contributed by atoms with Crippen LogP contribution in [0.5, 0.6) is 23.0 Å². The first-order valence-corrected chi connectivity index (χ1v) is 13.5. The number of nitrogens with zero attached hydrogens (tertiary/aromatic N) is 3. The number of urea groups is 1. The molecule has 216 valence electrons.